The number of carbonyl (C=O) groups excluding carboxylic acids is 2. The molecule has 0 radical (unpaired) electrons. The van der Waals surface area contributed by atoms with Crippen molar-refractivity contribution in [3.05, 3.63) is 64.7 Å². The monoisotopic (exact) mass is 434 g/mol. The summed E-state index contributed by atoms with van der Waals surface area (Å²) in [5, 5.41) is 5.76. The second-order valence-electron chi connectivity index (χ2n) is 5.14. The number of hydrogen-bond acceptors (Lipinski definition) is 4. The normalized spacial score (nSPS) is 12.2. The van der Waals surface area contributed by atoms with Crippen LogP contribution >= 0.6 is 46.4 Å². The van der Waals surface area contributed by atoms with Crippen LogP contribution in [-0.4, -0.2) is 28.9 Å². The van der Waals surface area contributed by atoms with Crippen LogP contribution in [0.2, 0.25) is 5.02 Å². The van der Waals surface area contributed by atoms with E-state index in [0.29, 0.717) is 11.3 Å². The first kappa shape index (κ1) is 20.6. The number of amides is 1. The smallest absolute Gasteiger partial charge is 0.337 e. The highest BCUT2D eigenvalue weighted by Crippen LogP contribution is 2.31. The van der Waals surface area contributed by atoms with Crippen molar-refractivity contribution in [1.82, 2.24) is 5.32 Å². The predicted molar refractivity (Wildman–Crippen MR) is 104 cm³/mol. The van der Waals surface area contributed by atoms with Gasteiger partial charge in [-0.15, -0.1) is 0 Å². The number of hydrogen-bond donors (Lipinski definition) is 2. The van der Waals surface area contributed by atoms with Gasteiger partial charge in [-0.05, 0) is 36.4 Å². The molecule has 0 aliphatic heterocycles. The van der Waals surface area contributed by atoms with Crippen molar-refractivity contribution < 1.29 is 14.3 Å². The first-order valence-corrected chi connectivity index (χ1v) is 8.80. The molecule has 2 aromatic rings. The highest BCUT2D eigenvalue weighted by atomic mass is 35.6. The van der Waals surface area contributed by atoms with Crippen LogP contribution < -0.4 is 10.6 Å². The molecule has 2 aromatic carbocycles. The molecule has 0 fully saturated rings. The number of esters is 1. The third kappa shape index (κ3) is 5.42. The van der Waals surface area contributed by atoms with E-state index < -0.39 is 21.8 Å². The van der Waals surface area contributed by atoms with Crippen molar-refractivity contribution in [2.75, 3.05) is 12.4 Å². The van der Waals surface area contributed by atoms with Gasteiger partial charge >= 0.3 is 5.97 Å². The maximum atomic E-state index is 12.4. The molecule has 26 heavy (non-hydrogen) atoms. The lowest BCUT2D eigenvalue weighted by Crippen LogP contribution is -2.49. The van der Waals surface area contributed by atoms with Crippen molar-refractivity contribution in [3.63, 3.8) is 0 Å². The van der Waals surface area contributed by atoms with Crippen molar-refractivity contribution in [1.29, 1.82) is 0 Å². The van der Waals surface area contributed by atoms with E-state index in [2.05, 4.69) is 15.4 Å². The second-order valence-corrected chi connectivity index (χ2v) is 7.92. The summed E-state index contributed by atoms with van der Waals surface area (Å²) in [4.78, 5) is 23.9. The van der Waals surface area contributed by atoms with E-state index in [1.807, 2.05) is 0 Å². The van der Waals surface area contributed by atoms with Crippen LogP contribution in [-0.2, 0) is 4.74 Å². The van der Waals surface area contributed by atoms with Gasteiger partial charge in [-0.25, -0.2) is 4.79 Å². The molecule has 1 atom stereocenters. The Labute approximate surface area is 170 Å². The van der Waals surface area contributed by atoms with E-state index in [1.54, 1.807) is 48.5 Å². The zero-order valence-corrected chi connectivity index (χ0v) is 16.5. The molecule has 9 heteroatoms. The highest BCUT2D eigenvalue weighted by molar-refractivity contribution is 6.68. The van der Waals surface area contributed by atoms with Crippen LogP contribution in [0.4, 0.5) is 5.69 Å². The van der Waals surface area contributed by atoms with Crippen molar-refractivity contribution >= 4 is 64.0 Å². The summed E-state index contributed by atoms with van der Waals surface area (Å²) in [5.74, 6) is -0.980. The molecule has 0 spiro atoms. The molecule has 0 bridgehead atoms. The Morgan fingerprint density at radius 1 is 1.04 bits per heavy atom. The summed E-state index contributed by atoms with van der Waals surface area (Å²) >= 11 is 23.9. The largest absolute Gasteiger partial charge is 0.465 e. The number of alkyl halides is 3. The lowest BCUT2D eigenvalue weighted by atomic mass is 10.2. The number of benzene rings is 2. The first-order valence-electron chi connectivity index (χ1n) is 7.29. The van der Waals surface area contributed by atoms with Gasteiger partial charge in [-0.2, -0.15) is 0 Å². The Hall–Kier alpha value is -1.66. The molecule has 0 heterocycles. The molecule has 0 aromatic heterocycles. The minimum Gasteiger partial charge on any atom is -0.465 e. The summed E-state index contributed by atoms with van der Waals surface area (Å²) in [7, 11) is 1.29. The molecular weight excluding hydrogens is 422 g/mol. The van der Waals surface area contributed by atoms with Crippen molar-refractivity contribution in [2.45, 2.75) is 9.96 Å². The molecule has 1 amide bonds. The standard InChI is InChI=1S/C17H14Cl4N2O3/c1-26-15(25)10-6-8-11(9-7-10)22-16(17(19,20)21)23-14(24)12-4-2-3-5-13(12)18/h2-9,16,22H,1H3,(H,23,24). The molecule has 1 unspecified atom stereocenters. The zero-order chi connectivity index (χ0) is 19.3. The summed E-state index contributed by atoms with van der Waals surface area (Å²) in [6.45, 7) is 0. The zero-order valence-electron chi connectivity index (χ0n) is 13.4. The lowest BCUT2D eigenvalue weighted by Gasteiger charge is -2.27. The summed E-state index contributed by atoms with van der Waals surface area (Å²) in [5.41, 5.74) is 1.13. The van der Waals surface area contributed by atoms with E-state index in [-0.39, 0.29) is 10.6 Å². The Morgan fingerprint density at radius 2 is 1.65 bits per heavy atom. The van der Waals surface area contributed by atoms with Gasteiger partial charge in [0.1, 0.15) is 6.17 Å². The third-order valence-corrected chi connectivity index (χ3v) is 4.32. The minimum absolute atomic E-state index is 0.247. The van der Waals surface area contributed by atoms with Gasteiger partial charge in [0.2, 0.25) is 3.79 Å². The fourth-order valence-corrected chi connectivity index (χ4v) is 2.59. The van der Waals surface area contributed by atoms with E-state index in [9.17, 15) is 9.59 Å². The van der Waals surface area contributed by atoms with Gasteiger partial charge in [-0.3, -0.25) is 4.79 Å². The fraction of sp³-hybridized carbons (Fsp3) is 0.176. The first-order chi connectivity index (χ1) is 12.2. The van der Waals surface area contributed by atoms with Gasteiger partial charge in [0.05, 0.1) is 23.3 Å². The van der Waals surface area contributed by atoms with Crippen LogP contribution in [0.25, 0.3) is 0 Å². The van der Waals surface area contributed by atoms with Gasteiger partial charge < -0.3 is 15.4 Å². The minimum atomic E-state index is -1.85. The lowest BCUT2D eigenvalue weighted by molar-refractivity contribution is 0.0600. The fourth-order valence-electron chi connectivity index (χ4n) is 2.04. The SMILES string of the molecule is COC(=O)c1ccc(NC(NC(=O)c2ccccc2Cl)C(Cl)(Cl)Cl)cc1. The number of ether oxygens (including phenoxy) is 1. The molecule has 0 saturated carbocycles. The van der Waals surface area contributed by atoms with Gasteiger partial charge in [-0.1, -0.05) is 58.5 Å². The van der Waals surface area contributed by atoms with E-state index in [0.717, 1.165) is 0 Å². The molecule has 0 aliphatic rings. The number of halogens is 4. The molecule has 138 valence electrons. The Bertz CT molecular complexity index is 791. The highest BCUT2D eigenvalue weighted by Gasteiger charge is 2.34. The quantitative estimate of drug-likeness (QED) is 0.407. The molecule has 0 saturated heterocycles. The van der Waals surface area contributed by atoms with E-state index in [1.165, 1.54) is 7.11 Å². The Balaban J connectivity index is 2.17. The Kier molecular flexibility index (Phi) is 7.01. The van der Waals surface area contributed by atoms with E-state index in [4.69, 9.17) is 46.4 Å². The molecule has 0 aliphatic carbocycles. The van der Waals surface area contributed by atoms with Crippen LogP contribution in [0.3, 0.4) is 0 Å². The van der Waals surface area contributed by atoms with E-state index >= 15 is 0 Å². The number of carbonyl (C=O) groups is 2. The average Bonchev–Trinajstić information content (AvgIpc) is 2.60. The summed E-state index contributed by atoms with van der Waals surface area (Å²) in [6, 6.07) is 12.8. The Morgan fingerprint density at radius 3 is 2.19 bits per heavy atom. The molecule has 2 N–H and O–H groups in total. The predicted octanol–water partition coefficient (Wildman–Crippen LogP) is 4.66. The molecule has 2 rings (SSSR count). The van der Waals surface area contributed by atoms with Gasteiger partial charge in [0.15, 0.2) is 0 Å². The van der Waals surface area contributed by atoms with Crippen LogP contribution in [0.5, 0.6) is 0 Å². The van der Waals surface area contributed by atoms with Gasteiger partial charge in [0, 0.05) is 5.69 Å². The third-order valence-electron chi connectivity index (χ3n) is 3.34. The average molecular weight is 436 g/mol. The molecule has 5 nitrogen and oxygen atoms in total. The van der Waals surface area contributed by atoms with Crippen LogP contribution in [0, 0.1) is 0 Å². The number of anilines is 1. The van der Waals surface area contributed by atoms with Crippen LogP contribution in [0.15, 0.2) is 48.5 Å². The topological polar surface area (TPSA) is 67.4 Å². The number of methoxy groups -OCH3 is 1. The maximum Gasteiger partial charge on any atom is 0.337 e. The van der Waals surface area contributed by atoms with Crippen molar-refractivity contribution in [3.8, 4) is 0 Å². The number of rotatable bonds is 5. The van der Waals surface area contributed by atoms with Gasteiger partial charge in [0.25, 0.3) is 5.91 Å². The van der Waals surface area contributed by atoms with Crippen LogP contribution in [0.1, 0.15) is 20.7 Å². The number of nitrogens with one attached hydrogen (secondary N) is 2. The summed E-state index contributed by atoms with van der Waals surface area (Å²) in [6.07, 6.45) is -1.06. The summed E-state index contributed by atoms with van der Waals surface area (Å²) < 4.78 is 2.78. The second kappa shape index (κ2) is 8.82. The van der Waals surface area contributed by atoms with Crippen molar-refractivity contribution in [2.24, 2.45) is 0 Å². The molecular formula is C17H14Cl4N2O3. The maximum absolute atomic E-state index is 12.4.